The Morgan fingerprint density at radius 3 is 2.42 bits per heavy atom. The summed E-state index contributed by atoms with van der Waals surface area (Å²) in [4.78, 5) is 32.8. The number of guanidine groups is 1. The van der Waals surface area contributed by atoms with Gasteiger partial charge in [-0.25, -0.2) is 0 Å². The monoisotopic (exact) mass is 420 g/mol. The van der Waals surface area contributed by atoms with Crippen molar-refractivity contribution in [1.82, 2.24) is 15.1 Å². The molecule has 2 aromatic carbocycles. The Morgan fingerprint density at radius 2 is 1.74 bits per heavy atom. The highest BCUT2D eigenvalue weighted by Crippen LogP contribution is 2.22. The van der Waals surface area contributed by atoms with E-state index in [0.29, 0.717) is 36.7 Å². The molecule has 1 unspecified atom stereocenters. The molecule has 2 aliphatic heterocycles. The van der Waals surface area contributed by atoms with E-state index in [4.69, 9.17) is 4.74 Å². The average molecular weight is 421 g/mol. The molecule has 162 valence electrons. The van der Waals surface area contributed by atoms with Crippen molar-refractivity contribution >= 4 is 17.8 Å². The number of hydrogen-bond acceptors (Lipinski definition) is 4. The van der Waals surface area contributed by atoms with Gasteiger partial charge in [-0.1, -0.05) is 42.5 Å². The third kappa shape index (κ3) is 4.77. The Hall–Kier alpha value is -3.19. The summed E-state index contributed by atoms with van der Waals surface area (Å²) in [5, 5.41) is 3.30. The normalized spacial score (nSPS) is 18.6. The zero-order valence-electron chi connectivity index (χ0n) is 17.8. The molecule has 0 aliphatic carbocycles. The quantitative estimate of drug-likeness (QED) is 0.423. The lowest BCUT2D eigenvalue weighted by Gasteiger charge is -2.23. The summed E-state index contributed by atoms with van der Waals surface area (Å²) in [5.41, 5.74) is 2.15. The van der Waals surface area contributed by atoms with Crippen molar-refractivity contribution in [2.45, 2.75) is 13.0 Å². The lowest BCUT2D eigenvalue weighted by molar-refractivity contribution is 0.0657. The van der Waals surface area contributed by atoms with Gasteiger partial charge in [-0.3, -0.25) is 19.5 Å². The van der Waals surface area contributed by atoms with E-state index in [2.05, 4.69) is 27.3 Å². The van der Waals surface area contributed by atoms with Crippen molar-refractivity contribution in [2.24, 2.45) is 10.9 Å². The predicted molar refractivity (Wildman–Crippen MR) is 119 cm³/mol. The van der Waals surface area contributed by atoms with Gasteiger partial charge in [-0.15, -0.1) is 0 Å². The first-order valence-electron chi connectivity index (χ1n) is 10.7. The molecule has 2 amide bonds. The van der Waals surface area contributed by atoms with Gasteiger partial charge in [-0.2, -0.15) is 0 Å². The fourth-order valence-corrected chi connectivity index (χ4v) is 4.13. The van der Waals surface area contributed by atoms with Gasteiger partial charge < -0.3 is 15.0 Å². The predicted octanol–water partition coefficient (Wildman–Crippen LogP) is 2.40. The number of imide groups is 1. The highest BCUT2D eigenvalue weighted by molar-refractivity contribution is 6.21. The highest BCUT2D eigenvalue weighted by atomic mass is 16.5. The molecule has 2 aromatic rings. The molecule has 7 nitrogen and oxygen atoms in total. The van der Waals surface area contributed by atoms with Crippen molar-refractivity contribution in [3.63, 3.8) is 0 Å². The molecule has 1 fully saturated rings. The van der Waals surface area contributed by atoms with Crippen molar-refractivity contribution in [3.05, 3.63) is 71.3 Å². The molecule has 0 spiro atoms. The van der Waals surface area contributed by atoms with Gasteiger partial charge in [0.1, 0.15) is 0 Å². The van der Waals surface area contributed by atoms with Crippen LogP contribution in [0.4, 0.5) is 0 Å². The standard InChI is InChI=1S/C24H28N4O3/c1-25-24(26-12-14-28-22(29)20-9-5-6-10-21(20)23(28)30)27-13-11-19(15-27)17-31-16-18-7-3-2-4-8-18/h2-10,19H,11-17H2,1H3,(H,25,26). The van der Waals surface area contributed by atoms with Crippen LogP contribution >= 0.6 is 0 Å². The zero-order valence-corrected chi connectivity index (χ0v) is 17.8. The number of fused-ring (bicyclic) bond motifs is 1. The summed E-state index contributed by atoms with van der Waals surface area (Å²) in [7, 11) is 1.75. The minimum absolute atomic E-state index is 0.228. The lowest BCUT2D eigenvalue weighted by Crippen LogP contribution is -2.44. The van der Waals surface area contributed by atoms with Gasteiger partial charge in [0.2, 0.25) is 0 Å². The van der Waals surface area contributed by atoms with Crippen molar-refractivity contribution < 1.29 is 14.3 Å². The van der Waals surface area contributed by atoms with Crippen LogP contribution in [0.1, 0.15) is 32.7 Å². The van der Waals surface area contributed by atoms with Crippen LogP contribution in [-0.4, -0.2) is 67.4 Å². The fourth-order valence-electron chi connectivity index (χ4n) is 4.13. The molecular formula is C24H28N4O3. The second-order valence-corrected chi connectivity index (χ2v) is 7.88. The van der Waals surface area contributed by atoms with Gasteiger partial charge in [0.15, 0.2) is 5.96 Å². The summed E-state index contributed by atoms with van der Waals surface area (Å²) >= 11 is 0. The van der Waals surface area contributed by atoms with Crippen LogP contribution in [0.3, 0.4) is 0 Å². The van der Waals surface area contributed by atoms with Gasteiger partial charge in [0.25, 0.3) is 11.8 Å². The van der Waals surface area contributed by atoms with Crippen LogP contribution in [0.2, 0.25) is 0 Å². The Morgan fingerprint density at radius 1 is 1.06 bits per heavy atom. The van der Waals surface area contributed by atoms with Crippen molar-refractivity contribution in [3.8, 4) is 0 Å². The minimum atomic E-state index is -0.228. The minimum Gasteiger partial charge on any atom is -0.376 e. The zero-order chi connectivity index (χ0) is 21.6. The number of nitrogens with zero attached hydrogens (tertiary/aromatic N) is 3. The maximum Gasteiger partial charge on any atom is 0.261 e. The van der Waals surface area contributed by atoms with E-state index in [9.17, 15) is 9.59 Å². The Balaban J connectivity index is 1.21. The number of carbonyl (C=O) groups excluding carboxylic acids is 2. The first-order valence-corrected chi connectivity index (χ1v) is 10.7. The second kappa shape index (κ2) is 9.75. The van der Waals surface area contributed by atoms with Crippen LogP contribution in [0.25, 0.3) is 0 Å². The SMILES string of the molecule is CN=C(NCCN1C(=O)c2ccccc2C1=O)N1CCC(COCc2ccccc2)C1. The van der Waals surface area contributed by atoms with E-state index in [1.54, 1.807) is 31.3 Å². The summed E-state index contributed by atoms with van der Waals surface area (Å²) in [6.07, 6.45) is 1.05. The van der Waals surface area contributed by atoms with E-state index < -0.39 is 0 Å². The third-order valence-electron chi connectivity index (χ3n) is 5.76. The van der Waals surface area contributed by atoms with E-state index in [1.165, 1.54) is 10.5 Å². The number of amides is 2. The molecule has 31 heavy (non-hydrogen) atoms. The maximum absolute atomic E-state index is 12.5. The average Bonchev–Trinajstić information content (AvgIpc) is 3.36. The molecule has 0 bridgehead atoms. The number of likely N-dealkylation sites (tertiary alicyclic amines) is 1. The van der Waals surface area contributed by atoms with Gasteiger partial charge in [0.05, 0.1) is 24.3 Å². The molecule has 0 saturated carbocycles. The molecule has 1 N–H and O–H groups in total. The molecule has 4 rings (SSSR count). The molecule has 1 saturated heterocycles. The molecular weight excluding hydrogens is 392 g/mol. The molecule has 7 heteroatoms. The molecule has 2 heterocycles. The number of ether oxygens (including phenoxy) is 1. The Kier molecular flexibility index (Phi) is 6.62. The van der Waals surface area contributed by atoms with Crippen LogP contribution in [-0.2, 0) is 11.3 Å². The maximum atomic E-state index is 12.5. The first kappa shape index (κ1) is 21.1. The van der Waals surface area contributed by atoms with E-state index in [0.717, 1.165) is 32.1 Å². The fraction of sp³-hybridized carbons (Fsp3) is 0.375. The molecule has 2 aliphatic rings. The summed E-state index contributed by atoms with van der Waals surface area (Å²) in [6, 6.07) is 17.1. The number of nitrogens with one attached hydrogen (secondary N) is 1. The highest BCUT2D eigenvalue weighted by Gasteiger charge is 2.34. The van der Waals surface area contributed by atoms with Crippen LogP contribution in [0.5, 0.6) is 0 Å². The molecule has 1 atom stereocenters. The Bertz CT molecular complexity index is 925. The van der Waals surface area contributed by atoms with E-state index >= 15 is 0 Å². The van der Waals surface area contributed by atoms with Gasteiger partial charge >= 0.3 is 0 Å². The second-order valence-electron chi connectivity index (χ2n) is 7.88. The Labute approximate surface area is 182 Å². The van der Waals surface area contributed by atoms with Crippen LogP contribution < -0.4 is 5.32 Å². The molecule has 0 radical (unpaired) electrons. The van der Waals surface area contributed by atoms with E-state index in [1.807, 2.05) is 18.2 Å². The van der Waals surface area contributed by atoms with Crippen LogP contribution in [0.15, 0.2) is 59.6 Å². The summed E-state index contributed by atoms with van der Waals surface area (Å²) < 4.78 is 5.90. The topological polar surface area (TPSA) is 74.2 Å². The van der Waals surface area contributed by atoms with Crippen molar-refractivity contribution in [1.29, 1.82) is 0 Å². The summed E-state index contributed by atoms with van der Waals surface area (Å²) in [5.74, 6) is 0.795. The van der Waals surface area contributed by atoms with Gasteiger partial charge in [-0.05, 0) is 24.1 Å². The van der Waals surface area contributed by atoms with Crippen LogP contribution in [0, 0.1) is 5.92 Å². The number of rotatable bonds is 7. The summed E-state index contributed by atoms with van der Waals surface area (Å²) in [6.45, 7) is 3.90. The van der Waals surface area contributed by atoms with Crippen molar-refractivity contribution in [2.75, 3.05) is 39.8 Å². The number of benzene rings is 2. The number of hydrogen-bond donors (Lipinski definition) is 1. The van der Waals surface area contributed by atoms with E-state index in [-0.39, 0.29) is 11.8 Å². The lowest BCUT2D eigenvalue weighted by atomic mass is 10.1. The third-order valence-corrected chi connectivity index (χ3v) is 5.76. The largest absolute Gasteiger partial charge is 0.376 e. The molecule has 0 aromatic heterocycles. The number of aliphatic imine (C=N–C) groups is 1. The smallest absolute Gasteiger partial charge is 0.261 e. The van der Waals surface area contributed by atoms with Gasteiger partial charge in [0, 0.05) is 39.1 Å². The first-order chi connectivity index (χ1) is 15.2. The number of carbonyl (C=O) groups is 2.